The Hall–Kier alpha value is -1.85. The van der Waals surface area contributed by atoms with Gasteiger partial charge in [0.05, 0.1) is 9.90 Å². The van der Waals surface area contributed by atoms with Gasteiger partial charge in [-0.1, -0.05) is 17.7 Å². The number of nitrogens with zero attached hydrogens (tertiary/aromatic N) is 2. The molecule has 0 aliphatic rings. The lowest BCUT2D eigenvalue weighted by atomic mass is 10.3. The third-order valence-electron chi connectivity index (χ3n) is 2.54. The van der Waals surface area contributed by atoms with E-state index in [9.17, 15) is 9.90 Å². The van der Waals surface area contributed by atoms with E-state index in [2.05, 4.69) is 4.98 Å². The Bertz CT molecular complexity index is 734. The van der Waals surface area contributed by atoms with Crippen LogP contribution in [0.3, 0.4) is 0 Å². The highest BCUT2D eigenvalue weighted by atomic mass is 35.5. The largest absolute Gasteiger partial charge is 0.476 e. The molecular formula is C12H7ClN2O2S. The number of carbonyl (C=O) groups is 1. The summed E-state index contributed by atoms with van der Waals surface area (Å²) in [5.74, 6) is -1.02. The van der Waals surface area contributed by atoms with Crippen LogP contribution in [0.25, 0.3) is 16.2 Å². The zero-order chi connectivity index (χ0) is 12.7. The topological polar surface area (TPSA) is 54.6 Å². The second-order valence-corrected chi connectivity index (χ2v) is 5.05. The van der Waals surface area contributed by atoms with E-state index in [0.717, 1.165) is 4.88 Å². The predicted octanol–water partition coefficient (Wildman–Crippen LogP) is 3.41. The molecule has 18 heavy (non-hydrogen) atoms. The third-order valence-corrected chi connectivity index (χ3v) is 3.64. The van der Waals surface area contributed by atoms with Crippen LogP contribution < -0.4 is 0 Å². The number of aromatic carboxylic acids is 1. The fourth-order valence-corrected chi connectivity index (χ4v) is 2.68. The summed E-state index contributed by atoms with van der Waals surface area (Å²) in [5, 5.41) is 11.7. The van der Waals surface area contributed by atoms with Gasteiger partial charge in [-0.05, 0) is 23.6 Å². The van der Waals surface area contributed by atoms with E-state index in [1.165, 1.54) is 15.7 Å². The van der Waals surface area contributed by atoms with Gasteiger partial charge in [0.15, 0.2) is 5.69 Å². The van der Waals surface area contributed by atoms with E-state index < -0.39 is 5.97 Å². The van der Waals surface area contributed by atoms with Crippen LogP contribution in [0, 0.1) is 0 Å². The maximum atomic E-state index is 11.4. The molecule has 0 atom stereocenters. The molecule has 1 N–H and O–H groups in total. The van der Waals surface area contributed by atoms with Crippen molar-refractivity contribution in [3.63, 3.8) is 0 Å². The summed E-state index contributed by atoms with van der Waals surface area (Å²) in [5.41, 5.74) is 1.18. The molecule has 0 fully saturated rings. The van der Waals surface area contributed by atoms with Crippen molar-refractivity contribution in [3.05, 3.63) is 46.6 Å². The number of aromatic nitrogens is 2. The maximum Gasteiger partial charge on any atom is 0.355 e. The highest BCUT2D eigenvalue weighted by Crippen LogP contribution is 2.29. The molecule has 0 unspecified atom stereocenters. The molecule has 0 aromatic carbocycles. The van der Waals surface area contributed by atoms with Crippen molar-refractivity contribution in [3.8, 4) is 10.6 Å². The van der Waals surface area contributed by atoms with Crippen LogP contribution in [0.5, 0.6) is 0 Å². The van der Waals surface area contributed by atoms with E-state index in [0.29, 0.717) is 16.4 Å². The minimum atomic E-state index is -1.02. The molecule has 0 aliphatic carbocycles. The maximum absolute atomic E-state index is 11.4. The highest BCUT2D eigenvalue weighted by Gasteiger charge is 2.20. The van der Waals surface area contributed by atoms with E-state index in [4.69, 9.17) is 11.6 Å². The van der Waals surface area contributed by atoms with Crippen molar-refractivity contribution >= 4 is 34.6 Å². The molecule has 90 valence electrons. The normalized spacial score (nSPS) is 10.9. The Labute approximate surface area is 111 Å². The molecule has 0 radical (unpaired) electrons. The molecule has 0 amide bonds. The number of carboxylic acid groups (broad SMARTS) is 1. The number of thiophene rings is 1. The minimum Gasteiger partial charge on any atom is -0.476 e. The first-order chi connectivity index (χ1) is 8.66. The Morgan fingerprint density at radius 3 is 2.89 bits per heavy atom. The van der Waals surface area contributed by atoms with Gasteiger partial charge in [0.1, 0.15) is 11.3 Å². The standard InChI is InChI=1S/C12H7ClN2O2S/c13-7-3-4-9-14-10(8-2-1-5-18-8)11(12(16)17)15(9)6-7/h1-6H,(H,16,17). The summed E-state index contributed by atoms with van der Waals surface area (Å²) < 4.78 is 1.50. The third kappa shape index (κ3) is 1.68. The lowest BCUT2D eigenvalue weighted by Crippen LogP contribution is -2.03. The molecular weight excluding hydrogens is 272 g/mol. The first-order valence-electron chi connectivity index (χ1n) is 5.11. The van der Waals surface area contributed by atoms with Gasteiger partial charge >= 0.3 is 5.97 Å². The molecule has 3 aromatic rings. The molecule has 0 bridgehead atoms. The summed E-state index contributed by atoms with van der Waals surface area (Å²) >= 11 is 7.35. The summed E-state index contributed by atoms with van der Waals surface area (Å²) in [6, 6.07) is 7.10. The molecule has 3 rings (SSSR count). The van der Waals surface area contributed by atoms with E-state index >= 15 is 0 Å². The Balaban J connectivity index is 2.38. The Kier molecular flexibility index (Phi) is 2.57. The van der Waals surface area contributed by atoms with Gasteiger partial charge in [-0.25, -0.2) is 9.78 Å². The van der Waals surface area contributed by atoms with Gasteiger partial charge in [0, 0.05) is 6.20 Å². The lowest BCUT2D eigenvalue weighted by molar-refractivity contribution is 0.0690. The van der Waals surface area contributed by atoms with E-state index in [-0.39, 0.29) is 5.69 Å². The Morgan fingerprint density at radius 1 is 1.39 bits per heavy atom. The van der Waals surface area contributed by atoms with Gasteiger partial charge in [-0.15, -0.1) is 11.3 Å². The van der Waals surface area contributed by atoms with Crippen LogP contribution >= 0.6 is 22.9 Å². The summed E-state index contributed by atoms with van der Waals surface area (Å²) in [6.45, 7) is 0. The van der Waals surface area contributed by atoms with Crippen molar-refractivity contribution in [1.29, 1.82) is 0 Å². The number of halogens is 1. The quantitative estimate of drug-likeness (QED) is 0.781. The van der Waals surface area contributed by atoms with E-state index in [1.807, 2.05) is 17.5 Å². The fraction of sp³-hybridized carbons (Fsp3) is 0. The van der Waals surface area contributed by atoms with Crippen molar-refractivity contribution in [2.75, 3.05) is 0 Å². The average molecular weight is 279 g/mol. The molecule has 0 spiro atoms. The second kappa shape index (κ2) is 4.12. The molecule has 0 saturated heterocycles. The Morgan fingerprint density at radius 2 is 2.22 bits per heavy atom. The first kappa shape index (κ1) is 11.3. The molecule has 0 saturated carbocycles. The number of imidazole rings is 1. The number of fused-ring (bicyclic) bond motifs is 1. The fourth-order valence-electron chi connectivity index (χ4n) is 1.81. The van der Waals surface area contributed by atoms with Crippen molar-refractivity contribution in [1.82, 2.24) is 9.38 Å². The second-order valence-electron chi connectivity index (χ2n) is 3.67. The van der Waals surface area contributed by atoms with Crippen LogP contribution in [0.2, 0.25) is 5.02 Å². The zero-order valence-corrected chi connectivity index (χ0v) is 10.6. The van der Waals surface area contributed by atoms with Gasteiger partial charge in [-0.2, -0.15) is 0 Å². The molecule has 3 aromatic heterocycles. The molecule has 4 nitrogen and oxygen atoms in total. The SMILES string of the molecule is O=C(O)c1c(-c2cccs2)nc2ccc(Cl)cn12. The molecule has 3 heterocycles. The van der Waals surface area contributed by atoms with Crippen LogP contribution in [-0.4, -0.2) is 20.5 Å². The number of hydrogen-bond acceptors (Lipinski definition) is 3. The molecule has 0 aliphatic heterocycles. The van der Waals surface area contributed by atoms with Crippen LogP contribution in [-0.2, 0) is 0 Å². The van der Waals surface area contributed by atoms with Gasteiger partial charge in [0.2, 0.25) is 0 Å². The summed E-state index contributed by atoms with van der Waals surface area (Å²) in [7, 11) is 0. The first-order valence-corrected chi connectivity index (χ1v) is 6.37. The summed E-state index contributed by atoms with van der Waals surface area (Å²) in [6.07, 6.45) is 1.56. The predicted molar refractivity (Wildman–Crippen MR) is 70.5 cm³/mol. The van der Waals surface area contributed by atoms with Gasteiger partial charge in [-0.3, -0.25) is 4.40 Å². The zero-order valence-electron chi connectivity index (χ0n) is 9.00. The van der Waals surface area contributed by atoms with Crippen molar-refractivity contribution in [2.24, 2.45) is 0 Å². The monoisotopic (exact) mass is 278 g/mol. The van der Waals surface area contributed by atoms with Crippen molar-refractivity contribution < 1.29 is 9.90 Å². The number of rotatable bonds is 2. The number of hydrogen-bond donors (Lipinski definition) is 1. The molecule has 6 heteroatoms. The smallest absolute Gasteiger partial charge is 0.355 e. The average Bonchev–Trinajstić information content (AvgIpc) is 2.94. The van der Waals surface area contributed by atoms with Gasteiger partial charge < -0.3 is 5.11 Å². The van der Waals surface area contributed by atoms with Crippen LogP contribution in [0.1, 0.15) is 10.5 Å². The highest BCUT2D eigenvalue weighted by molar-refractivity contribution is 7.13. The van der Waals surface area contributed by atoms with Crippen LogP contribution in [0.4, 0.5) is 0 Å². The summed E-state index contributed by atoms with van der Waals surface area (Å²) in [4.78, 5) is 16.6. The van der Waals surface area contributed by atoms with Crippen molar-refractivity contribution in [2.45, 2.75) is 0 Å². The van der Waals surface area contributed by atoms with Crippen LogP contribution in [0.15, 0.2) is 35.8 Å². The minimum absolute atomic E-state index is 0.134. The number of pyridine rings is 1. The number of carboxylic acids is 1. The van der Waals surface area contributed by atoms with Gasteiger partial charge in [0.25, 0.3) is 0 Å². The lowest BCUT2D eigenvalue weighted by Gasteiger charge is -1.98. The van der Waals surface area contributed by atoms with E-state index in [1.54, 1.807) is 18.3 Å².